The summed E-state index contributed by atoms with van der Waals surface area (Å²) < 4.78 is 5.67. The molecular formula is C14H16N6OS2. The smallest absolute Gasteiger partial charge is 0.284 e. The average Bonchev–Trinajstić information content (AvgIpc) is 3.17. The molecule has 0 aromatic carbocycles. The molecule has 3 aromatic rings. The molecule has 120 valence electrons. The van der Waals surface area contributed by atoms with Gasteiger partial charge < -0.3 is 9.32 Å². The third-order valence-electron chi connectivity index (χ3n) is 2.85. The van der Waals surface area contributed by atoms with E-state index >= 15 is 0 Å². The molecular weight excluding hydrogens is 332 g/mol. The summed E-state index contributed by atoms with van der Waals surface area (Å²) in [6, 6.07) is 3.89. The first kappa shape index (κ1) is 15.9. The quantitative estimate of drug-likeness (QED) is 0.694. The van der Waals surface area contributed by atoms with E-state index in [2.05, 4.69) is 25.1 Å². The second-order valence-corrected chi connectivity index (χ2v) is 7.14. The molecule has 23 heavy (non-hydrogen) atoms. The van der Waals surface area contributed by atoms with Gasteiger partial charge in [-0.05, 0) is 11.4 Å². The molecule has 0 amide bonds. The summed E-state index contributed by atoms with van der Waals surface area (Å²) in [5.41, 5.74) is 0. The first-order valence-electron chi connectivity index (χ1n) is 7.01. The zero-order valence-corrected chi connectivity index (χ0v) is 14.9. The van der Waals surface area contributed by atoms with Crippen LogP contribution in [0.5, 0.6) is 0 Å². The van der Waals surface area contributed by atoms with Crippen molar-refractivity contribution in [1.29, 1.82) is 0 Å². The van der Waals surface area contributed by atoms with E-state index < -0.39 is 0 Å². The van der Waals surface area contributed by atoms with Gasteiger partial charge in [-0.25, -0.2) is 4.98 Å². The molecule has 0 spiro atoms. The van der Waals surface area contributed by atoms with E-state index in [1.807, 2.05) is 50.4 Å². The second kappa shape index (κ2) is 6.63. The van der Waals surface area contributed by atoms with Crippen LogP contribution in [-0.4, -0.2) is 39.2 Å². The summed E-state index contributed by atoms with van der Waals surface area (Å²) >= 11 is 2.80. The lowest BCUT2D eigenvalue weighted by atomic mass is 10.2. The Balaban J connectivity index is 1.87. The van der Waals surface area contributed by atoms with Crippen LogP contribution in [0.15, 0.2) is 32.3 Å². The van der Waals surface area contributed by atoms with Gasteiger partial charge in [-0.1, -0.05) is 19.9 Å². The molecule has 0 aliphatic heterocycles. The number of hydrogen-bond acceptors (Lipinski definition) is 9. The first-order valence-corrected chi connectivity index (χ1v) is 8.71. The Hall–Kier alpha value is -2.00. The Morgan fingerprint density at radius 1 is 1.17 bits per heavy atom. The number of hydrogen-bond donors (Lipinski definition) is 0. The Labute approximate surface area is 142 Å². The topological polar surface area (TPSA) is 80.8 Å². The van der Waals surface area contributed by atoms with Crippen LogP contribution in [0.2, 0.25) is 0 Å². The zero-order valence-electron chi connectivity index (χ0n) is 13.2. The van der Waals surface area contributed by atoms with E-state index in [4.69, 9.17) is 4.42 Å². The minimum Gasteiger partial charge on any atom is -0.410 e. The van der Waals surface area contributed by atoms with Gasteiger partial charge in [-0.15, -0.1) is 21.5 Å². The highest BCUT2D eigenvalue weighted by atomic mass is 32.2. The third kappa shape index (κ3) is 3.67. The van der Waals surface area contributed by atoms with E-state index in [1.165, 1.54) is 11.8 Å². The summed E-state index contributed by atoms with van der Waals surface area (Å²) in [7, 11) is 3.80. The molecule has 0 saturated heterocycles. The van der Waals surface area contributed by atoms with Gasteiger partial charge >= 0.3 is 0 Å². The maximum Gasteiger partial charge on any atom is 0.284 e. The van der Waals surface area contributed by atoms with Crippen molar-refractivity contribution in [3.63, 3.8) is 0 Å². The molecule has 0 atom stereocenters. The molecule has 0 N–H and O–H groups in total. The average molecular weight is 348 g/mol. The van der Waals surface area contributed by atoms with Gasteiger partial charge in [0.1, 0.15) is 5.82 Å². The van der Waals surface area contributed by atoms with Crippen molar-refractivity contribution < 1.29 is 4.42 Å². The second-order valence-electron chi connectivity index (χ2n) is 5.28. The lowest BCUT2D eigenvalue weighted by Crippen LogP contribution is -2.15. The number of rotatable bonds is 5. The first-order chi connectivity index (χ1) is 11.0. The van der Waals surface area contributed by atoms with Gasteiger partial charge in [0.05, 0.1) is 4.88 Å². The van der Waals surface area contributed by atoms with Crippen LogP contribution in [0.4, 0.5) is 5.95 Å². The molecule has 3 rings (SSSR count). The predicted molar refractivity (Wildman–Crippen MR) is 90.0 cm³/mol. The van der Waals surface area contributed by atoms with E-state index in [-0.39, 0.29) is 5.92 Å². The number of anilines is 1. The van der Waals surface area contributed by atoms with Crippen LogP contribution in [0.1, 0.15) is 25.6 Å². The fraction of sp³-hybridized carbons (Fsp3) is 0.357. The fourth-order valence-electron chi connectivity index (χ4n) is 1.69. The van der Waals surface area contributed by atoms with Gasteiger partial charge in [0.2, 0.25) is 11.1 Å². The molecule has 0 aliphatic rings. The summed E-state index contributed by atoms with van der Waals surface area (Å²) in [5.74, 6) is 2.07. The van der Waals surface area contributed by atoms with Crippen molar-refractivity contribution in [3.8, 4) is 10.8 Å². The van der Waals surface area contributed by atoms with Crippen molar-refractivity contribution in [1.82, 2.24) is 25.1 Å². The predicted octanol–water partition coefficient (Wildman–Crippen LogP) is 3.32. The Kier molecular flexibility index (Phi) is 4.58. The van der Waals surface area contributed by atoms with Gasteiger partial charge in [-0.2, -0.15) is 9.97 Å². The molecule has 0 bridgehead atoms. The Bertz CT molecular complexity index is 758. The molecule has 9 heteroatoms. The standard InChI is InChI=1S/C14H16N6OS2/c1-8(2)10-15-12(20(3)4)17-13(16-10)23-14-19-18-11(21-14)9-6-5-7-22-9/h5-8H,1-4H3. The van der Waals surface area contributed by atoms with Gasteiger partial charge in [0.15, 0.2) is 0 Å². The molecule has 7 nitrogen and oxygen atoms in total. The zero-order chi connectivity index (χ0) is 16.4. The van der Waals surface area contributed by atoms with E-state index in [0.29, 0.717) is 22.2 Å². The lowest BCUT2D eigenvalue weighted by molar-refractivity contribution is 0.466. The van der Waals surface area contributed by atoms with Crippen molar-refractivity contribution in [2.45, 2.75) is 30.1 Å². The minimum absolute atomic E-state index is 0.209. The molecule has 0 radical (unpaired) electrons. The van der Waals surface area contributed by atoms with Crippen LogP contribution >= 0.6 is 23.1 Å². The molecule has 3 heterocycles. The fourth-order valence-corrected chi connectivity index (χ4v) is 2.96. The van der Waals surface area contributed by atoms with Crippen LogP contribution < -0.4 is 4.90 Å². The molecule has 3 aromatic heterocycles. The van der Waals surface area contributed by atoms with Crippen LogP contribution in [0, 0.1) is 0 Å². The summed E-state index contributed by atoms with van der Waals surface area (Å²) in [4.78, 5) is 16.1. The Morgan fingerprint density at radius 2 is 2.00 bits per heavy atom. The van der Waals surface area contributed by atoms with Gasteiger partial charge in [-0.3, -0.25) is 0 Å². The minimum atomic E-state index is 0.209. The maximum atomic E-state index is 5.67. The van der Waals surface area contributed by atoms with Crippen molar-refractivity contribution >= 4 is 29.0 Å². The molecule has 0 unspecified atom stereocenters. The van der Waals surface area contributed by atoms with Gasteiger partial charge in [0, 0.05) is 31.8 Å². The van der Waals surface area contributed by atoms with Crippen LogP contribution in [0.25, 0.3) is 10.8 Å². The number of nitrogens with zero attached hydrogens (tertiary/aromatic N) is 6. The molecule has 0 fully saturated rings. The number of thiophene rings is 1. The monoisotopic (exact) mass is 348 g/mol. The van der Waals surface area contributed by atoms with E-state index in [1.54, 1.807) is 11.3 Å². The maximum absolute atomic E-state index is 5.67. The third-order valence-corrected chi connectivity index (χ3v) is 4.42. The Morgan fingerprint density at radius 3 is 2.65 bits per heavy atom. The van der Waals surface area contributed by atoms with Crippen molar-refractivity contribution in [3.05, 3.63) is 23.3 Å². The molecule has 0 saturated carbocycles. The summed E-state index contributed by atoms with van der Waals surface area (Å²) in [6.45, 7) is 4.09. The summed E-state index contributed by atoms with van der Waals surface area (Å²) in [5, 5.41) is 11.1. The molecule has 0 aliphatic carbocycles. The summed E-state index contributed by atoms with van der Waals surface area (Å²) in [6.07, 6.45) is 0. The largest absolute Gasteiger partial charge is 0.410 e. The van der Waals surface area contributed by atoms with E-state index in [9.17, 15) is 0 Å². The highest BCUT2D eigenvalue weighted by Gasteiger charge is 2.16. The normalized spacial score (nSPS) is 11.2. The van der Waals surface area contributed by atoms with Crippen molar-refractivity contribution in [2.75, 3.05) is 19.0 Å². The van der Waals surface area contributed by atoms with Crippen LogP contribution in [-0.2, 0) is 0 Å². The van der Waals surface area contributed by atoms with E-state index in [0.717, 1.165) is 10.7 Å². The van der Waals surface area contributed by atoms with Gasteiger partial charge in [0.25, 0.3) is 11.1 Å². The number of aromatic nitrogens is 5. The van der Waals surface area contributed by atoms with Crippen molar-refractivity contribution in [2.24, 2.45) is 0 Å². The highest BCUT2D eigenvalue weighted by Crippen LogP contribution is 2.30. The highest BCUT2D eigenvalue weighted by molar-refractivity contribution is 7.98. The van der Waals surface area contributed by atoms with Crippen LogP contribution in [0.3, 0.4) is 0 Å². The SMILES string of the molecule is CC(C)c1nc(Sc2nnc(-c3cccs3)o2)nc(N(C)C)n1. The lowest BCUT2D eigenvalue weighted by Gasteiger charge is -2.13.